The zero-order chi connectivity index (χ0) is 22.6. The summed E-state index contributed by atoms with van der Waals surface area (Å²) in [7, 11) is 0. The molecule has 8 nitrogen and oxygen atoms in total. The molecule has 0 bridgehead atoms. The number of Topliss-reactive ketones (excluding diaryl/α,β-unsaturated/α-hetero) is 1. The van der Waals surface area contributed by atoms with Crippen LogP contribution < -0.4 is 0 Å². The Hall–Kier alpha value is -1.77. The number of allylic oxidation sites excluding steroid dienone is 2. The first kappa shape index (κ1) is 22.4. The van der Waals surface area contributed by atoms with Crippen molar-refractivity contribution in [3.05, 3.63) is 11.6 Å². The molecule has 0 unspecified atom stereocenters. The molecule has 0 aromatic rings. The third kappa shape index (κ3) is 3.26. The number of hydrogen-bond donors (Lipinski definition) is 4. The minimum Gasteiger partial charge on any atom is -0.479 e. The summed E-state index contributed by atoms with van der Waals surface area (Å²) in [5.74, 6) is -1.26. The van der Waals surface area contributed by atoms with E-state index in [1.165, 1.54) is 5.57 Å². The molecule has 0 amide bonds. The van der Waals surface area contributed by atoms with Crippen LogP contribution in [0.25, 0.3) is 0 Å². The van der Waals surface area contributed by atoms with Crippen LogP contribution in [0.15, 0.2) is 16.8 Å². The highest BCUT2D eigenvalue weighted by Gasteiger charge is 2.68. The lowest BCUT2D eigenvalue weighted by Crippen LogP contribution is -2.62. The van der Waals surface area contributed by atoms with Crippen LogP contribution in [0, 0.1) is 28.6 Å². The number of rotatable bonds is 5. The van der Waals surface area contributed by atoms with E-state index in [4.69, 9.17) is 9.94 Å². The van der Waals surface area contributed by atoms with E-state index in [1.54, 1.807) is 0 Å². The van der Waals surface area contributed by atoms with E-state index in [-0.39, 0.29) is 23.2 Å². The van der Waals surface area contributed by atoms with Crippen molar-refractivity contribution < 1.29 is 34.9 Å². The van der Waals surface area contributed by atoms with E-state index < -0.39 is 42.1 Å². The molecule has 3 fully saturated rings. The number of aliphatic carboxylic acids is 1. The summed E-state index contributed by atoms with van der Waals surface area (Å²) < 4.78 is 0. The maximum atomic E-state index is 12.5. The molecule has 31 heavy (non-hydrogen) atoms. The standard InChI is InChI=1S/C23H33NO7/c1-21-7-5-14(24-31-12-19(28)29)9-13(21)3-4-15-16-6-8-23(30,18(27)11-25)22(16,2)10-17(26)20(15)21/h9,15-17,20,25-26,30H,3-8,10-12H2,1-2H3,(H,28,29)/b24-14+/t15-,16-,17-,20+,21+,22+,23+/m0/s1. The first-order valence-corrected chi connectivity index (χ1v) is 11.2. The Morgan fingerprint density at radius 3 is 2.65 bits per heavy atom. The normalized spacial score (nSPS) is 45.3. The zero-order valence-electron chi connectivity index (χ0n) is 18.2. The van der Waals surface area contributed by atoms with Gasteiger partial charge in [-0.3, -0.25) is 4.79 Å². The molecule has 0 aromatic carbocycles. The number of carbonyl (C=O) groups excluding carboxylic acids is 1. The van der Waals surface area contributed by atoms with Crippen LogP contribution in [0.3, 0.4) is 0 Å². The minimum absolute atomic E-state index is 0.0265. The van der Waals surface area contributed by atoms with Crippen molar-refractivity contribution in [2.75, 3.05) is 13.2 Å². The SMILES string of the molecule is C[C@@]12CC/C(=N\OCC(=O)O)C=C1CC[C@@H]1[C@@H]2[C@@H](O)C[C@]2(C)[C@H]1CC[C@@]2(O)C(=O)CO. The molecule has 8 heteroatoms. The average molecular weight is 436 g/mol. The Kier molecular flexibility index (Phi) is 5.55. The monoisotopic (exact) mass is 435 g/mol. The fraction of sp³-hybridized carbons (Fsp3) is 0.783. The molecule has 7 atom stereocenters. The van der Waals surface area contributed by atoms with Gasteiger partial charge in [0.25, 0.3) is 0 Å². The topological polar surface area (TPSA) is 137 Å². The maximum absolute atomic E-state index is 12.5. The van der Waals surface area contributed by atoms with Gasteiger partial charge in [0.1, 0.15) is 12.2 Å². The molecule has 0 spiro atoms. The molecule has 4 aliphatic rings. The van der Waals surface area contributed by atoms with Crippen molar-refractivity contribution in [2.45, 2.75) is 70.5 Å². The lowest BCUT2D eigenvalue weighted by molar-refractivity contribution is -0.181. The third-order valence-corrected chi connectivity index (χ3v) is 9.04. The highest BCUT2D eigenvalue weighted by molar-refractivity contribution is 5.96. The highest BCUT2D eigenvalue weighted by atomic mass is 16.6. The van der Waals surface area contributed by atoms with Crippen molar-refractivity contribution in [3.63, 3.8) is 0 Å². The Morgan fingerprint density at radius 2 is 1.97 bits per heavy atom. The summed E-state index contributed by atoms with van der Waals surface area (Å²) in [4.78, 5) is 28.0. The largest absolute Gasteiger partial charge is 0.479 e. The Labute approximate surface area is 182 Å². The van der Waals surface area contributed by atoms with E-state index in [0.717, 1.165) is 31.4 Å². The van der Waals surface area contributed by atoms with E-state index >= 15 is 0 Å². The number of carboxylic acid groups (broad SMARTS) is 1. The summed E-state index contributed by atoms with van der Waals surface area (Å²) in [5, 5.41) is 44.8. The van der Waals surface area contributed by atoms with E-state index in [9.17, 15) is 24.9 Å². The average Bonchev–Trinajstić information content (AvgIpc) is 2.98. The Balaban J connectivity index is 1.62. The molecule has 0 aromatic heterocycles. The van der Waals surface area contributed by atoms with Crippen molar-refractivity contribution in [1.82, 2.24) is 0 Å². The number of fused-ring (bicyclic) bond motifs is 5. The van der Waals surface area contributed by atoms with E-state index in [2.05, 4.69) is 12.1 Å². The van der Waals surface area contributed by atoms with Crippen molar-refractivity contribution in [3.8, 4) is 0 Å². The van der Waals surface area contributed by atoms with Crippen LogP contribution in [-0.4, -0.2) is 62.8 Å². The number of hydrogen-bond acceptors (Lipinski definition) is 7. The highest BCUT2D eigenvalue weighted by Crippen LogP contribution is 2.67. The van der Waals surface area contributed by atoms with Crippen LogP contribution in [0.2, 0.25) is 0 Å². The predicted molar refractivity (Wildman–Crippen MR) is 111 cm³/mol. The van der Waals surface area contributed by atoms with Gasteiger partial charge in [0.15, 0.2) is 5.78 Å². The Morgan fingerprint density at radius 1 is 1.23 bits per heavy atom. The second-order valence-electron chi connectivity index (χ2n) is 10.3. The number of carbonyl (C=O) groups is 2. The summed E-state index contributed by atoms with van der Waals surface area (Å²) in [6.45, 7) is 2.95. The molecule has 4 N–H and O–H groups in total. The van der Waals surface area contributed by atoms with Gasteiger partial charge in [-0.1, -0.05) is 24.6 Å². The second kappa shape index (κ2) is 7.67. The quantitative estimate of drug-likeness (QED) is 0.482. The van der Waals surface area contributed by atoms with Gasteiger partial charge < -0.3 is 25.3 Å². The van der Waals surface area contributed by atoms with Gasteiger partial charge in [-0.25, -0.2) is 4.79 Å². The summed E-state index contributed by atoms with van der Waals surface area (Å²) in [6, 6.07) is 0. The van der Waals surface area contributed by atoms with Crippen LogP contribution in [-0.2, 0) is 14.4 Å². The molecule has 172 valence electrons. The number of carboxylic acids is 1. The van der Waals surface area contributed by atoms with E-state index in [0.29, 0.717) is 19.3 Å². The van der Waals surface area contributed by atoms with Crippen LogP contribution in [0.4, 0.5) is 0 Å². The molecular weight excluding hydrogens is 402 g/mol. The van der Waals surface area contributed by atoms with Gasteiger partial charge >= 0.3 is 5.97 Å². The van der Waals surface area contributed by atoms with Gasteiger partial charge in [-0.15, -0.1) is 0 Å². The molecule has 0 aliphatic heterocycles. The summed E-state index contributed by atoms with van der Waals surface area (Å²) >= 11 is 0. The minimum atomic E-state index is -1.58. The summed E-state index contributed by atoms with van der Waals surface area (Å²) in [6.07, 6.45) is 5.86. The number of aliphatic hydroxyl groups is 3. The van der Waals surface area contributed by atoms with Crippen molar-refractivity contribution in [2.24, 2.45) is 33.7 Å². The smallest absolute Gasteiger partial charge is 0.344 e. The van der Waals surface area contributed by atoms with Gasteiger partial charge in [0, 0.05) is 5.41 Å². The fourth-order valence-corrected chi connectivity index (χ4v) is 7.54. The van der Waals surface area contributed by atoms with Gasteiger partial charge in [-0.2, -0.15) is 0 Å². The predicted octanol–water partition coefficient (Wildman–Crippen LogP) is 1.67. The molecule has 4 rings (SSSR count). The molecule has 4 aliphatic carbocycles. The van der Waals surface area contributed by atoms with Crippen molar-refractivity contribution >= 4 is 17.5 Å². The number of oxime groups is 1. The van der Waals surface area contributed by atoms with Crippen LogP contribution in [0.5, 0.6) is 0 Å². The Bertz CT molecular complexity index is 838. The second-order valence-corrected chi connectivity index (χ2v) is 10.3. The number of ketones is 1. The molecular formula is C23H33NO7. The van der Waals surface area contributed by atoms with Gasteiger partial charge in [0.05, 0.1) is 11.8 Å². The maximum Gasteiger partial charge on any atom is 0.344 e. The van der Waals surface area contributed by atoms with Crippen molar-refractivity contribution in [1.29, 1.82) is 0 Å². The lowest BCUT2D eigenvalue weighted by Gasteiger charge is -2.60. The first-order chi connectivity index (χ1) is 14.6. The zero-order valence-corrected chi connectivity index (χ0v) is 18.2. The lowest BCUT2D eigenvalue weighted by atomic mass is 9.45. The molecule has 0 radical (unpaired) electrons. The fourth-order valence-electron chi connectivity index (χ4n) is 7.54. The molecule has 3 saturated carbocycles. The van der Waals surface area contributed by atoms with Crippen LogP contribution >= 0.6 is 0 Å². The van der Waals surface area contributed by atoms with E-state index in [1.807, 2.05) is 13.0 Å². The number of aliphatic hydroxyl groups excluding tert-OH is 2. The van der Waals surface area contributed by atoms with Gasteiger partial charge in [-0.05, 0) is 74.2 Å². The molecule has 0 heterocycles. The summed E-state index contributed by atoms with van der Waals surface area (Å²) in [5.41, 5.74) is -0.594. The first-order valence-electron chi connectivity index (χ1n) is 11.2. The van der Waals surface area contributed by atoms with Crippen LogP contribution in [0.1, 0.15) is 58.8 Å². The number of nitrogens with zero attached hydrogens (tertiary/aromatic N) is 1. The molecule has 0 saturated heterocycles. The van der Waals surface area contributed by atoms with Gasteiger partial charge in [0.2, 0.25) is 6.61 Å². The third-order valence-electron chi connectivity index (χ3n) is 9.04.